The Kier molecular flexibility index (Phi) is 2.99. The van der Waals surface area contributed by atoms with Crippen molar-refractivity contribution in [1.29, 1.82) is 0 Å². The minimum absolute atomic E-state index is 0.214. The molecule has 0 aromatic heterocycles. The van der Waals surface area contributed by atoms with E-state index >= 15 is 0 Å². The Morgan fingerprint density at radius 2 is 2.23 bits per heavy atom. The summed E-state index contributed by atoms with van der Waals surface area (Å²) in [6.45, 7) is 0. The lowest BCUT2D eigenvalue weighted by molar-refractivity contribution is 0.259. The number of amides is 2. The smallest absolute Gasteiger partial charge is 0.316 e. The summed E-state index contributed by atoms with van der Waals surface area (Å²) in [5.41, 5.74) is 5.26. The molecule has 0 aliphatic rings. The molecule has 0 aliphatic heterocycles. The van der Waals surface area contributed by atoms with Gasteiger partial charge in [0.15, 0.2) is 11.1 Å². The van der Waals surface area contributed by atoms with Crippen molar-refractivity contribution in [3.8, 4) is 0 Å². The third-order valence-electron chi connectivity index (χ3n) is 1.30. The van der Waals surface area contributed by atoms with E-state index in [1.165, 1.54) is 12.1 Å². The standard InChI is InChI=1S/C7H8N2O3S/c8-7(10)9-5-2-1-3-6(4-5)13(11)12/h1-4H,(H,11,12)(H3,8,9,10). The van der Waals surface area contributed by atoms with Gasteiger partial charge in [0.05, 0.1) is 4.90 Å². The minimum atomic E-state index is -2.05. The molecule has 1 rings (SSSR count). The number of rotatable bonds is 2. The van der Waals surface area contributed by atoms with Crippen LogP contribution in [0, 0.1) is 0 Å². The lowest BCUT2D eigenvalue weighted by Gasteiger charge is -2.01. The molecule has 5 nitrogen and oxygen atoms in total. The molecule has 0 fully saturated rings. The molecule has 4 N–H and O–H groups in total. The van der Waals surface area contributed by atoms with E-state index in [2.05, 4.69) is 5.32 Å². The van der Waals surface area contributed by atoms with E-state index in [-0.39, 0.29) is 4.90 Å². The van der Waals surface area contributed by atoms with Crippen molar-refractivity contribution < 1.29 is 13.6 Å². The van der Waals surface area contributed by atoms with Gasteiger partial charge in [-0.2, -0.15) is 0 Å². The fourth-order valence-corrected chi connectivity index (χ4v) is 1.25. The van der Waals surface area contributed by atoms with Crippen LogP contribution in [0.25, 0.3) is 0 Å². The molecule has 70 valence electrons. The molecule has 13 heavy (non-hydrogen) atoms. The van der Waals surface area contributed by atoms with Crippen LogP contribution in [0.15, 0.2) is 29.2 Å². The van der Waals surface area contributed by atoms with Gasteiger partial charge in [-0.05, 0) is 18.2 Å². The van der Waals surface area contributed by atoms with Gasteiger partial charge in [0, 0.05) is 5.69 Å². The second-order valence-electron chi connectivity index (χ2n) is 2.27. The molecule has 0 heterocycles. The summed E-state index contributed by atoms with van der Waals surface area (Å²) in [5.74, 6) is 0. The largest absolute Gasteiger partial charge is 0.351 e. The molecular weight excluding hydrogens is 192 g/mol. The Labute approximate surface area is 77.2 Å². The van der Waals surface area contributed by atoms with Crippen molar-refractivity contribution in [3.05, 3.63) is 24.3 Å². The molecule has 2 amide bonds. The van der Waals surface area contributed by atoms with E-state index in [1.54, 1.807) is 12.1 Å². The number of primary amides is 1. The van der Waals surface area contributed by atoms with Crippen LogP contribution in [-0.2, 0) is 11.1 Å². The van der Waals surface area contributed by atoms with Crippen LogP contribution >= 0.6 is 0 Å². The van der Waals surface area contributed by atoms with Crippen molar-refractivity contribution >= 4 is 22.8 Å². The number of nitrogens with two attached hydrogens (primary N) is 1. The fourth-order valence-electron chi connectivity index (χ4n) is 0.825. The average Bonchev–Trinajstić information content (AvgIpc) is 2.03. The highest BCUT2D eigenvalue weighted by Crippen LogP contribution is 2.12. The van der Waals surface area contributed by atoms with Gasteiger partial charge in [-0.3, -0.25) is 0 Å². The summed E-state index contributed by atoms with van der Waals surface area (Å²) >= 11 is -2.05. The first kappa shape index (κ1) is 9.69. The molecule has 0 saturated heterocycles. The van der Waals surface area contributed by atoms with Gasteiger partial charge in [-0.15, -0.1) is 0 Å². The predicted octanol–water partition coefficient (Wildman–Crippen LogP) is 0.758. The molecule has 0 spiro atoms. The number of nitrogens with one attached hydrogen (secondary N) is 1. The molecule has 1 aromatic rings. The summed E-state index contributed by atoms with van der Waals surface area (Å²) < 4.78 is 19.3. The summed E-state index contributed by atoms with van der Waals surface area (Å²) in [5, 5.41) is 2.29. The third kappa shape index (κ3) is 2.85. The maximum absolute atomic E-state index is 10.6. The van der Waals surface area contributed by atoms with Crippen LogP contribution in [0.1, 0.15) is 0 Å². The first-order chi connectivity index (χ1) is 6.09. The summed E-state index contributed by atoms with van der Waals surface area (Å²) in [6, 6.07) is 5.26. The molecular formula is C7H8N2O3S. The SMILES string of the molecule is NC(=O)Nc1cccc(S(=O)O)c1. The number of hydrogen-bond acceptors (Lipinski definition) is 2. The normalized spacial score (nSPS) is 12.1. The summed E-state index contributed by atoms with van der Waals surface area (Å²) in [7, 11) is 0. The highest BCUT2D eigenvalue weighted by molar-refractivity contribution is 7.79. The monoisotopic (exact) mass is 200 g/mol. The van der Waals surface area contributed by atoms with Crippen LogP contribution < -0.4 is 11.1 Å². The Bertz CT molecular complexity index is 353. The van der Waals surface area contributed by atoms with Crippen LogP contribution in [0.4, 0.5) is 10.5 Å². The fraction of sp³-hybridized carbons (Fsp3) is 0. The van der Waals surface area contributed by atoms with Crippen LogP contribution in [-0.4, -0.2) is 14.8 Å². The molecule has 1 unspecified atom stereocenters. The first-order valence-corrected chi connectivity index (χ1v) is 4.47. The Hall–Kier alpha value is -1.40. The first-order valence-electron chi connectivity index (χ1n) is 3.37. The van der Waals surface area contributed by atoms with Crippen molar-refractivity contribution in [3.63, 3.8) is 0 Å². The van der Waals surface area contributed by atoms with E-state index in [0.29, 0.717) is 5.69 Å². The molecule has 0 saturated carbocycles. The highest BCUT2D eigenvalue weighted by atomic mass is 32.2. The molecule has 1 atom stereocenters. The number of carbonyl (C=O) groups is 1. The highest BCUT2D eigenvalue weighted by Gasteiger charge is 2.01. The van der Waals surface area contributed by atoms with Crippen LogP contribution in [0.2, 0.25) is 0 Å². The third-order valence-corrected chi connectivity index (χ3v) is 1.96. The molecule has 0 aliphatic carbocycles. The van der Waals surface area contributed by atoms with E-state index in [1.807, 2.05) is 0 Å². The lowest BCUT2D eigenvalue weighted by Crippen LogP contribution is -2.19. The number of urea groups is 1. The van der Waals surface area contributed by atoms with Crippen molar-refractivity contribution in [2.45, 2.75) is 4.90 Å². The van der Waals surface area contributed by atoms with Crippen molar-refractivity contribution in [1.82, 2.24) is 0 Å². The number of benzene rings is 1. The van der Waals surface area contributed by atoms with Crippen molar-refractivity contribution in [2.75, 3.05) is 5.32 Å². The van der Waals surface area contributed by atoms with E-state index in [0.717, 1.165) is 0 Å². The van der Waals surface area contributed by atoms with E-state index in [9.17, 15) is 9.00 Å². The van der Waals surface area contributed by atoms with Crippen molar-refractivity contribution in [2.24, 2.45) is 5.73 Å². The molecule has 0 bridgehead atoms. The maximum Gasteiger partial charge on any atom is 0.316 e. The maximum atomic E-state index is 10.6. The molecule has 1 aromatic carbocycles. The second-order valence-corrected chi connectivity index (χ2v) is 3.24. The second kappa shape index (κ2) is 4.01. The Balaban J connectivity index is 2.91. The molecule has 0 radical (unpaired) electrons. The lowest BCUT2D eigenvalue weighted by atomic mass is 10.3. The average molecular weight is 200 g/mol. The Morgan fingerprint density at radius 1 is 1.54 bits per heavy atom. The van der Waals surface area contributed by atoms with Gasteiger partial charge in [0.25, 0.3) is 0 Å². The zero-order chi connectivity index (χ0) is 9.84. The summed E-state index contributed by atoms with van der Waals surface area (Å²) in [4.78, 5) is 10.6. The zero-order valence-electron chi connectivity index (χ0n) is 6.56. The van der Waals surface area contributed by atoms with Gasteiger partial charge in [-0.1, -0.05) is 6.07 Å². The van der Waals surface area contributed by atoms with E-state index < -0.39 is 17.1 Å². The van der Waals surface area contributed by atoms with Crippen LogP contribution in [0.5, 0.6) is 0 Å². The van der Waals surface area contributed by atoms with Crippen LogP contribution in [0.3, 0.4) is 0 Å². The van der Waals surface area contributed by atoms with Gasteiger partial charge in [-0.25, -0.2) is 9.00 Å². The van der Waals surface area contributed by atoms with Gasteiger partial charge in [0.2, 0.25) is 0 Å². The van der Waals surface area contributed by atoms with Gasteiger partial charge >= 0.3 is 6.03 Å². The summed E-state index contributed by atoms with van der Waals surface area (Å²) in [6.07, 6.45) is 0. The molecule has 6 heteroatoms. The zero-order valence-corrected chi connectivity index (χ0v) is 7.38. The quantitative estimate of drug-likeness (QED) is 0.615. The predicted molar refractivity (Wildman–Crippen MR) is 48.7 cm³/mol. The topological polar surface area (TPSA) is 92.4 Å². The van der Waals surface area contributed by atoms with E-state index in [4.69, 9.17) is 10.3 Å². The minimum Gasteiger partial charge on any atom is -0.351 e. The number of anilines is 1. The number of hydrogen-bond donors (Lipinski definition) is 3. The Morgan fingerprint density at radius 3 is 2.77 bits per heavy atom. The number of carbonyl (C=O) groups excluding carboxylic acids is 1. The van der Waals surface area contributed by atoms with Gasteiger partial charge in [0.1, 0.15) is 0 Å². The van der Waals surface area contributed by atoms with Gasteiger partial charge < -0.3 is 15.6 Å².